The lowest BCUT2D eigenvalue weighted by atomic mass is 10.2. The molecule has 0 radical (unpaired) electrons. The van der Waals surface area contributed by atoms with Crippen LogP contribution < -0.4 is 25.0 Å². The Bertz CT molecular complexity index is 847. The number of methoxy groups -OCH3 is 2. The van der Waals surface area contributed by atoms with Crippen molar-refractivity contribution in [3.8, 4) is 11.5 Å². The molecule has 2 heterocycles. The van der Waals surface area contributed by atoms with E-state index in [9.17, 15) is 0 Å². The molecule has 0 bridgehead atoms. The molecular formula is C22H34N6O2S. The van der Waals surface area contributed by atoms with Gasteiger partial charge in [-0.15, -0.1) is 11.3 Å². The molecule has 0 spiro atoms. The van der Waals surface area contributed by atoms with E-state index in [2.05, 4.69) is 45.0 Å². The monoisotopic (exact) mass is 446 g/mol. The van der Waals surface area contributed by atoms with Crippen LogP contribution in [0.2, 0.25) is 0 Å². The number of aliphatic imine (C=N–C) groups is 1. The number of hydrogen-bond donors (Lipinski definition) is 2. The number of aromatic nitrogens is 1. The predicted octanol–water partition coefficient (Wildman–Crippen LogP) is 2.56. The first-order chi connectivity index (χ1) is 15.0. The van der Waals surface area contributed by atoms with Crippen LogP contribution in [0.1, 0.15) is 24.6 Å². The number of hydrogen-bond acceptors (Lipinski definition) is 7. The number of likely N-dealkylation sites (tertiary alicyclic amines) is 1. The van der Waals surface area contributed by atoms with Crippen molar-refractivity contribution in [1.82, 2.24) is 20.5 Å². The zero-order chi connectivity index (χ0) is 22.2. The summed E-state index contributed by atoms with van der Waals surface area (Å²) in [5.74, 6) is 2.49. The average Bonchev–Trinajstić information content (AvgIpc) is 3.41. The van der Waals surface area contributed by atoms with Gasteiger partial charge in [-0.05, 0) is 31.0 Å². The highest BCUT2D eigenvalue weighted by molar-refractivity contribution is 7.13. The highest BCUT2D eigenvalue weighted by atomic mass is 32.1. The fourth-order valence-corrected chi connectivity index (χ4v) is 4.31. The van der Waals surface area contributed by atoms with E-state index >= 15 is 0 Å². The lowest BCUT2D eigenvalue weighted by Gasteiger charge is -2.19. The molecule has 1 aliphatic heterocycles. The third-order valence-corrected chi connectivity index (χ3v) is 6.15. The van der Waals surface area contributed by atoms with Crippen LogP contribution in [0.4, 0.5) is 5.13 Å². The molecule has 2 aromatic rings. The molecule has 1 aromatic heterocycles. The van der Waals surface area contributed by atoms with Gasteiger partial charge in [0.25, 0.3) is 0 Å². The summed E-state index contributed by atoms with van der Waals surface area (Å²) in [6.45, 7) is 6.35. The van der Waals surface area contributed by atoms with Crippen molar-refractivity contribution in [2.24, 2.45) is 4.99 Å². The fourth-order valence-electron chi connectivity index (χ4n) is 3.56. The third-order valence-electron chi connectivity index (χ3n) is 5.10. The summed E-state index contributed by atoms with van der Waals surface area (Å²) in [5.41, 5.74) is 2.18. The molecule has 170 valence electrons. The Morgan fingerprint density at radius 3 is 2.61 bits per heavy atom. The van der Waals surface area contributed by atoms with Crippen LogP contribution in [0.25, 0.3) is 0 Å². The van der Waals surface area contributed by atoms with Crippen LogP contribution in [-0.2, 0) is 13.1 Å². The fraction of sp³-hybridized carbons (Fsp3) is 0.545. The van der Waals surface area contributed by atoms with E-state index in [1.165, 1.54) is 5.56 Å². The predicted molar refractivity (Wildman–Crippen MR) is 128 cm³/mol. The highest BCUT2D eigenvalue weighted by Gasteiger charge is 2.23. The Kier molecular flexibility index (Phi) is 8.36. The number of nitrogens with one attached hydrogen (secondary N) is 2. The molecular weight excluding hydrogens is 412 g/mol. The van der Waals surface area contributed by atoms with Gasteiger partial charge in [0.05, 0.1) is 26.5 Å². The second kappa shape index (κ2) is 11.2. The maximum absolute atomic E-state index is 5.40. The minimum atomic E-state index is 0.359. The molecule has 1 fully saturated rings. The Hall–Kier alpha value is -2.52. The minimum absolute atomic E-state index is 0.359. The number of nitrogens with zero attached hydrogens (tertiary/aromatic N) is 4. The second-order valence-corrected chi connectivity index (χ2v) is 8.63. The Morgan fingerprint density at radius 1 is 1.26 bits per heavy atom. The summed E-state index contributed by atoms with van der Waals surface area (Å²) in [6.07, 6.45) is 1.08. The zero-order valence-electron chi connectivity index (χ0n) is 19.1. The van der Waals surface area contributed by atoms with Crippen molar-refractivity contribution in [2.75, 3.05) is 52.8 Å². The topological polar surface area (TPSA) is 74.3 Å². The maximum atomic E-state index is 5.40. The molecule has 1 saturated heterocycles. The van der Waals surface area contributed by atoms with Crippen molar-refractivity contribution < 1.29 is 9.47 Å². The lowest BCUT2D eigenvalue weighted by molar-refractivity contribution is 0.321. The number of ether oxygens (including phenoxy) is 2. The molecule has 31 heavy (non-hydrogen) atoms. The van der Waals surface area contributed by atoms with E-state index in [4.69, 9.17) is 14.5 Å². The van der Waals surface area contributed by atoms with Crippen LogP contribution in [0, 0.1) is 0 Å². The summed E-state index contributed by atoms with van der Waals surface area (Å²) in [7, 11) is 7.38. The molecule has 0 saturated carbocycles. The van der Waals surface area contributed by atoms with Crippen molar-refractivity contribution in [3.63, 3.8) is 0 Å². The van der Waals surface area contributed by atoms with E-state index in [1.807, 2.05) is 25.1 Å². The van der Waals surface area contributed by atoms with Gasteiger partial charge in [-0.25, -0.2) is 9.98 Å². The van der Waals surface area contributed by atoms with Crippen molar-refractivity contribution in [3.05, 3.63) is 34.8 Å². The Labute approximate surface area is 189 Å². The molecule has 0 amide bonds. The molecule has 1 aliphatic rings. The van der Waals surface area contributed by atoms with Crippen molar-refractivity contribution in [2.45, 2.75) is 32.5 Å². The van der Waals surface area contributed by atoms with Crippen LogP contribution in [0.5, 0.6) is 11.5 Å². The van der Waals surface area contributed by atoms with Gasteiger partial charge in [-0.1, -0.05) is 0 Å². The summed E-state index contributed by atoms with van der Waals surface area (Å²) in [4.78, 5) is 13.8. The van der Waals surface area contributed by atoms with Gasteiger partial charge in [0, 0.05) is 57.8 Å². The summed E-state index contributed by atoms with van der Waals surface area (Å²) in [5, 5.41) is 10.0. The van der Waals surface area contributed by atoms with Gasteiger partial charge in [0.15, 0.2) is 11.1 Å². The summed E-state index contributed by atoms with van der Waals surface area (Å²) in [6, 6.07) is 6.41. The van der Waals surface area contributed by atoms with Crippen LogP contribution >= 0.6 is 11.3 Å². The number of benzene rings is 1. The van der Waals surface area contributed by atoms with E-state index < -0.39 is 0 Å². The third kappa shape index (κ3) is 6.73. The normalized spacial score (nSPS) is 16.9. The van der Waals surface area contributed by atoms with E-state index in [1.54, 1.807) is 25.6 Å². The van der Waals surface area contributed by atoms with Crippen molar-refractivity contribution >= 4 is 22.4 Å². The smallest absolute Gasteiger partial charge is 0.191 e. The van der Waals surface area contributed by atoms with Crippen molar-refractivity contribution in [1.29, 1.82) is 0 Å². The molecule has 1 atom stereocenters. The van der Waals surface area contributed by atoms with Gasteiger partial charge in [0.2, 0.25) is 0 Å². The van der Waals surface area contributed by atoms with E-state index in [-0.39, 0.29) is 0 Å². The molecule has 1 aromatic carbocycles. The van der Waals surface area contributed by atoms with E-state index in [0.29, 0.717) is 12.6 Å². The molecule has 8 nitrogen and oxygen atoms in total. The van der Waals surface area contributed by atoms with Gasteiger partial charge < -0.3 is 25.0 Å². The molecule has 2 N–H and O–H groups in total. The SMILES string of the molecule is CCNC(=NCc1csc(N(C)C)n1)NC1CCN(Cc2cc(OC)cc(OC)c2)C1. The van der Waals surface area contributed by atoms with Gasteiger partial charge >= 0.3 is 0 Å². The number of thiazole rings is 1. The summed E-state index contributed by atoms with van der Waals surface area (Å²) >= 11 is 1.64. The number of guanidine groups is 1. The lowest BCUT2D eigenvalue weighted by Crippen LogP contribution is -2.44. The largest absolute Gasteiger partial charge is 0.497 e. The maximum Gasteiger partial charge on any atom is 0.191 e. The first-order valence-corrected chi connectivity index (χ1v) is 11.5. The molecule has 3 rings (SSSR count). The second-order valence-electron chi connectivity index (χ2n) is 7.80. The van der Waals surface area contributed by atoms with Gasteiger partial charge in [-0.2, -0.15) is 0 Å². The van der Waals surface area contributed by atoms with Crippen LogP contribution in [-0.4, -0.2) is 69.8 Å². The zero-order valence-corrected chi connectivity index (χ0v) is 20.0. The Morgan fingerprint density at radius 2 is 2.00 bits per heavy atom. The minimum Gasteiger partial charge on any atom is -0.497 e. The van der Waals surface area contributed by atoms with Gasteiger partial charge in [0.1, 0.15) is 11.5 Å². The molecule has 9 heteroatoms. The standard InChI is InChI=1S/C22H34N6O2S/c1-6-23-21(24-12-18-15-31-22(26-18)27(2)3)25-17-7-8-28(14-17)13-16-9-19(29-4)11-20(10-16)30-5/h9-11,15,17H,6-8,12-14H2,1-5H3,(H2,23,24,25). The highest BCUT2D eigenvalue weighted by Crippen LogP contribution is 2.24. The summed E-state index contributed by atoms with van der Waals surface area (Å²) < 4.78 is 10.8. The van der Waals surface area contributed by atoms with Gasteiger partial charge in [-0.3, -0.25) is 4.90 Å². The first-order valence-electron chi connectivity index (χ1n) is 10.6. The first kappa shape index (κ1) is 23.1. The van der Waals surface area contributed by atoms with E-state index in [0.717, 1.165) is 60.9 Å². The quantitative estimate of drug-likeness (QED) is 0.453. The molecule has 0 aliphatic carbocycles. The molecule has 1 unspecified atom stereocenters. The van der Waals surface area contributed by atoms with Crippen LogP contribution in [0.3, 0.4) is 0 Å². The Balaban J connectivity index is 1.56. The average molecular weight is 447 g/mol. The van der Waals surface area contributed by atoms with Crippen LogP contribution in [0.15, 0.2) is 28.6 Å². The number of anilines is 1. The number of rotatable bonds is 9.